The summed E-state index contributed by atoms with van der Waals surface area (Å²) in [6.45, 7) is 0. The molecule has 4 rings (SSSR count). The number of rotatable bonds is 1. The molecular formula is C18H11Br2N3O. The summed E-state index contributed by atoms with van der Waals surface area (Å²) in [5.74, 6) is 0. The largest absolute Gasteiger partial charge is 0.398 e. The molecule has 0 radical (unpaired) electrons. The van der Waals surface area contributed by atoms with Gasteiger partial charge in [-0.1, -0.05) is 18.2 Å². The quantitative estimate of drug-likeness (QED) is 0.344. The number of halogens is 2. The number of hydrogen-bond donors (Lipinski definition) is 1. The van der Waals surface area contributed by atoms with Crippen LogP contribution in [0.2, 0.25) is 0 Å². The van der Waals surface area contributed by atoms with E-state index in [1.165, 1.54) is 0 Å². The summed E-state index contributed by atoms with van der Waals surface area (Å²) in [5.41, 5.74) is 10.7. The van der Waals surface area contributed by atoms with Crippen molar-refractivity contribution >= 4 is 48.6 Å². The van der Waals surface area contributed by atoms with E-state index >= 15 is 0 Å². The fourth-order valence-electron chi connectivity index (χ4n) is 2.75. The molecule has 0 atom stereocenters. The van der Waals surface area contributed by atoms with Gasteiger partial charge in [0.15, 0.2) is 5.43 Å². The zero-order valence-electron chi connectivity index (χ0n) is 12.3. The second-order valence-corrected chi connectivity index (χ2v) is 7.13. The number of benzene rings is 3. The van der Waals surface area contributed by atoms with Gasteiger partial charge in [-0.25, -0.2) is 4.98 Å². The van der Waals surface area contributed by atoms with Crippen LogP contribution in [0.4, 0.5) is 5.69 Å². The summed E-state index contributed by atoms with van der Waals surface area (Å²) in [7, 11) is 0. The van der Waals surface area contributed by atoms with Crippen LogP contribution in [0.1, 0.15) is 0 Å². The van der Waals surface area contributed by atoms with E-state index in [0.29, 0.717) is 10.2 Å². The third-order valence-corrected chi connectivity index (χ3v) is 5.17. The Hall–Kier alpha value is -2.18. The smallest absolute Gasteiger partial charge is 0.195 e. The Labute approximate surface area is 154 Å². The molecule has 0 bridgehead atoms. The molecule has 0 fully saturated rings. The molecule has 6 heteroatoms. The topological polar surface area (TPSA) is 60.9 Å². The van der Waals surface area contributed by atoms with Gasteiger partial charge < -0.3 is 10.3 Å². The molecule has 0 saturated carbocycles. The molecule has 0 amide bonds. The van der Waals surface area contributed by atoms with Crippen molar-refractivity contribution in [3.8, 4) is 17.1 Å². The van der Waals surface area contributed by atoms with Crippen LogP contribution in [-0.2, 0) is 0 Å². The Morgan fingerprint density at radius 3 is 2.46 bits per heavy atom. The second kappa shape index (κ2) is 5.72. The zero-order valence-corrected chi connectivity index (χ0v) is 15.5. The van der Waals surface area contributed by atoms with Gasteiger partial charge in [0, 0.05) is 21.9 Å². The van der Waals surface area contributed by atoms with Crippen LogP contribution in [0.5, 0.6) is 0 Å². The van der Waals surface area contributed by atoms with Crippen LogP contribution in [0, 0.1) is 0 Å². The number of aromatic nitrogens is 2. The summed E-state index contributed by atoms with van der Waals surface area (Å²) in [5, 5.41) is 0. The van der Waals surface area contributed by atoms with E-state index in [1.807, 2.05) is 47.0 Å². The molecule has 4 nitrogen and oxygen atoms in total. The molecule has 0 aromatic heterocycles. The van der Waals surface area contributed by atoms with Crippen molar-refractivity contribution in [2.75, 3.05) is 5.73 Å². The summed E-state index contributed by atoms with van der Waals surface area (Å²) < 4.78 is 3.30. The van der Waals surface area contributed by atoms with Crippen molar-refractivity contribution in [2.24, 2.45) is 0 Å². The molecule has 1 aliphatic carbocycles. The van der Waals surface area contributed by atoms with Crippen molar-refractivity contribution in [1.29, 1.82) is 0 Å². The fourth-order valence-corrected chi connectivity index (χ4v) is 3.41. The number of para-hydroxylation sites is 1. The predicted molar refractivity (Wildman–Crippen MR) is 104 cm³/mol. The van der Waals surface area contributed by atoms with Crippen molar-refractivity contribution in [3.63, 3.8) is 0 Å². The molecule has 1 aliphatic heterocycles. The highest BCUT2D eigenvalue weighted by Crippen LogP contribution is 2.33. The van der Waals surface area contributed by atoms with Crippen molar-refractivity contribution < 1.29 is 0 Å². The number of fused-ring (bicyclic) bond motifs is 2. The Balaban J connectivity index is 2.25. The van der Waals surface area contributed by atoms with Gasteiger partial charge in [0.05, 0.1) is 26.9 Å². The maximum absolute atomic E-state index is 12.2. The molecule has 1 heterocycles. The van der Waals surface area contributed by atoms with E-state index in [9.17, 15) is 4.79 Å². The standard InChI is InChI=1S/C18H11Br2N3O/c19-11-6-14-16(8-13(11)21)23(10-4-2-1-3-5-10)17-9-18(24)12(20)7-15(17)22-14/h1-9H,21H2. The average molecular weight is 445 g/mol. The van der Waals surface area contributed by atoms with E-state index in [4.69, 9.17) is 10.7 Å². The fraction of sp³-hybridized carbons (Fsp3) is 0. The van der Waals surface area contributed by atoms with Gasteiger partial charge in [-0.15, -0.1) is 0 Å². The van der Waals surface area contributed by atoms with Crippen LogP contribution in [-0.4, -0.2) is 9.55 Å². The van der Waals surface area contributed by atoms with Gasteiger partial charge in [0.1, 0.15) is 0 Å². The van der Waals surface area contributed by atoms with Gasteiger partial charge in [0.25, 0.3) is 0 Å². The first-order valence-corrected chi connectivity index (χ1v) is 8.79. The third-order valence-electron chi connectivity index (χ3n) is 3.86. The predicted octanol–water partition coefficient (Wildman–Crippen LogP) is 4.60. The maximum Gasteiger partial charge on any atom is 0.195 e. The van der Waals surface area contributed by atoms with E-state index in [0.717, 1.165) is 32.6 Å². The Morgan fingerprint density at radius 2 is 1.71 bits per heavy atom. The highest BCUT2D eigenvalue weighted by Gasteiger charge is 2.17. The molecular weight excluding hydrogens is 434 g/mol. The molecule has 118 valence electrons. The second-order valence-electron chi connectivity index (χ2n) is 5.42. The summed E-state index contributed by atoms with van der Waals surface area (Å²) in [6.07, 6.45) is 0. The first-order chi connectivity index (χ1) is 11.5. The number of hydrogen-bond acceptors (Lipinski definition) is 3. The van der Waals surface area contributed by atoms with Crippen LogP contribution < -0.4 is 11.2 Å². The van der Waals surface area contributed by atoms with Crippen molar-refractivity contribution in [3.05, 3.63) is 73.8 Å². The molecule has 24 heavy (non-hydrogen) atoms. The minimum Gasteiger partial charge on any atom is -0.398 e. The Morgan fingerprint density at radius 1 is 0.958 bits per heavy atom. The first kappa shape index (κ1) is 15.4. The zero-order chi connectivity index (χ0) is 16.8. The minimum atomic E-state index is -0.0848. The third kappa shape index (κ3) is 2.42. The Kier molecular flexibility index (Phi) is 3.66. The number of nitrogens with zero attached hydrogens (tertiary/aromatic N) is 2. The summed E-state index contributed by atoms with van der Waals surface area (Å²) >= 11 is 6.75. The molecule has 0 unspecified atom stereocenters. The minimum absolute atomic E-state index is 0.0848. The van der Waals surface area contributed by atoms with Crippen LogP contribution in [0.25, 0.3) is 28.1 Å². The molecule has 2 N–H and O–H groups in total. The van der Waals surface area contributed by atoms with Gasteiger partial charge in [-0.05, 0) is 62.2 Å². The van der Waals surface area contributed by atoms with Crippen LogP contribution in [0.15, 0.2) is 68.3 Å². The van der Waals surface area contributed by atoms with Crippen LogP contribution >= 0.6 is 31.9 Å². The van der Waals surface area contributed by atoms with E-state index in [2.05, 4.69) is 31.9 Å². The normalized spacial score (nSPS) is 11.2. The van der Waals surface area contributed by atoms with E-state index < -0.39 is 0 Å². The number of nitrogen functional groups attached to an aromatic ring is 1. The van der Waals surface area contributed by atoms with Gasteiger partial charge in [-0.3, -0.25) is 4.79 Å². The van der Waals surface area contributed by atoms with E-state index in [-0.39, 0.29) is 5.43 Å². The first-order valence-electron chi connectivity index (χ1n) is 7.21. The monoisotopic (exact) mass is 443 g/mol. The van der Waals surface area contributed by atoms with Crippen molar-refractivity contribution in [1.82, 2.24) is 9.55 Å². The average Bonchev–Trinajstić information content (AvgIpc) is 2.57. The summed E-state index contributed by atoms with van der Waals surface area (Å²) in [6, 6.07) is 17.0. The lowest BCUT2D eigenvalue weighted by Crippen LogP contribution is -2.11. The number of nitrogens with two attached hydrogens (primary N) is 1. The van der Waals surface area contributed by atoms with Gasteiger partial charge >= 0.3 is 0 Å². The highest BCUT2D eigenvalue weighted by molar-refractivity contribution is 9.10. The lowest BCUT2D eigenvalue weighted by molar-refractivity contribution is 1.07. The van der Waals surface area contributed by atoms with Crippen molar-refractivity contribution in [2.45, 2.75) is 0 Å². The molecule has 2 aromatic rings. The van der Waals surface area contributed by atoms with Gasteiger partial charge in [-0.2, -0.15) is 0 Å². The maximum atomic E-state index is 12.2. The van der Waals surface area contributed by atoms with E-state index in [1.54, 1.807) is 12.1 Å². The van der Waals surface area contributed by atoms with Crippen LogP contribution in [0.3, 0.4) is 0 Å². The SMILES string of the molecule is Nc1cc2c(cc1Br)nc1cc(Br)c(=O)cc-1n2-c1ccccc1. The number of anilines is 1. The Bertz CT molecular complexity index is 1110. The lowest BCUT2D eigenvalue weighted by atomic mass is 10.1. The summed E-state index contributed by atoms with van der Waals surface area (Å²) in [4.78, 5) is 16.8. The molecule has 0 spiro atoms. The molecule has 0 saturated heterocycles. The molecule has 2 aliphatic rings. The van der Waals surface area contributed by atoms with Gasteiger partial charge in [0.2, 0.25) is 0 Å². The highest BCUT2D eigenvalue weighted by atomic mass is 79.9. The lowest BCUT2D eigenvalue weighted by Gasteiger charge is -2.19. The molecule has 2 aromatic carbocycles.